The molecule has 0 fully saturated rings. The quantitative estimate of drug-likeness (QED) is 0.242. The molecule has 0 aliphatic carbocycles. The van der Waals surface area contributed by atoms with Crippen LogP contribution in [0.5, 0.6) is 0 Å². The first-order valence-electron chi connectivity index (χ1n) is 12.5. The molecule has 0 spiro atoms. The van der Waals surface area contributed by atoms with Crippen LogP contribution in [0, 0.1) is 0 Å². The van der Waals surface area contributed by atoms with Gasteiger partial charge in [0.05, 0.1) is 22.1 Å². The van der Waals surface area contributed by atoms with E-state index in [4.69, 9.17) is 15.0 Å². The molecule has 4 aromatic heterocycles. The fourth-order valence-corrected chi connectivity index (χ4v) is 5.27. The molecular weight excluding hydrogens is 462 g/mol. The molecule has 9 heteroatoms. The van der Waals surface area contributed by atoms with Crippen LogP contribution in [0.15, 0.2) is 77.8 Å². The summed E-state index contributed by atoms with van der Waals surface area (Å²) in [6, 6.07) is 12.2. The summed E-state index contributed by atoms with van der Waals surface area (Å²) < 4.78 is 0. The third-order valence-electron chi connectivity index (χ3n) is 7.19. The second-order valence-electron chi connectivity index (χ2n) is 9.24. The maximum Gasteiger partial charge on any atom is 0.156 e. The van der Waals surface area contributed by atoms with E-state index in [0.29, 0.717) is 0 Å². The molecule has 0 radical (unpaired) electrons. The van der Waals surface area contributed by atoms with Gasteiger partial charge < -0.3 is 19.9 Å². The highest BCUT2D eigenvalue weighted by molar-refractivity contribution is 6.10. The standard InChI is InChI=1S/C28H25N9/c1-3-18-15-23(26-33-19-7-5-16(13-21(19)34-26)24-29-9-10-30-24)37-28(18,4-2)27-35-20-8-6-17(14-22(20)36-27)25-31-11-12-32-25/h5-15H,3-4H2,1-2H3,(H,29,30)(H,31,32)(H,33,34)(H,35,36). The van der Waals surface area contributed by atoms with Gasteiger partial charge in [-0.2, -0.15) is 0 Å². The topological polar surface area (TPSA) is 127 Å². The van der Waals surface area contributed by atoms with E-state index in [-0.39, 0.29) is 0 Å². The Morgan fingerprint density at radius 1 is 0.757 bits per heavy atom. The number of aromatic nitrogens is 8. The number of nitrogens with one attached hydrogen (secondary N) is 4. The lowest BCUT2D eigenvalue weighted by Gasteiger charge is -2.25. The van der Waals surface area contributed by atoms with Crippen molar-refractivity contribution >= 4 is 27.8 Å². The molecule has 182 valence electrons. The maximum atomic E-state index is 5.27. The summed E-state index contributed by atoms with van der Waals surface area (Å²) in [5, 5.41) is 0. The van der Waals surface area contributed by atoms with Crippen molar-refractivity contribution in [3.8, 4) is 22.8 Å². The Morgan fingerprint density at radius 3 is 2.00 bits per heavy atom. The minimum atomic E-state index is -0.563. The monoisotopic (exact) mass is 487 g/mol. The highest BCUT2D eigenvalue weighted by atomic mass is 15.1. The summed E-state index contributed by atoms with van der Waals surface area (Å²) in [7, 11) is 0. The van der Waals surface area contributed by atoms with Crippen LogP contribution in [-0.2, 0) is 5.54 Å². The van der Waals surface area contributed by atoms with Crippen LogP contribution >= 0.6 is 0 Å². The van der Waals surface area contributed by atoms with Crippen LogP contribution in [0.25, 0.3) is 44.8 Å². The summed E-state index contributed by atoms with van der Waals surface area (Å²) >= 11 is 0. The molecule has 1 unspecified atom stereocenters. The summed E-state index contributed by atoms with van der Waals surface area (Å²) in [5.41, 5.74) is 7.21. The normalized spacial score (nSPS) is 17.6. The van der Waals surface area contributed by atoms with Crippen molar-refractivity contribution in [2.24, 2.45) is 4.99 Å². The number of rotatable bonds is 6. The van der Waals surface area contributed by atoms with Gasteiger partial charge in [0.2, 0.25) is 0 Å². The van der Waals surface area contributed by atoms with Gasteiger partial charge in [0.15, 0.2) is 5.82 Å². The van der Waals surface area contributed by atoms with E-state index in [1.165, 1.54) is 5.57 Å². The summed E-state index contributed by atoms with van der Waals surface area (Å²) in [4.78, 5) is 37.2. The Bertz CT molecular complexity index is 1800. The van der Waals surface area contributed by atoms with Crippen molar-refractivity contribution < 1.29 is 0 Å². The molecule has 1 aliphatic heterocycles. The minimum absolute atomic E-state index is 0.563. The fourth-order valence-electron chi connectivity index (χ4n) is 5.27. The Hall–Kier alpha value is -4.79. The average molecular weight is 488 g/mol. The number of nitrogens with zero attached hydrogens (tertiary/aromatic N) is 5. The zero-order valence-corrected chi connectivity index (χ0v) is 20.5. The van der Waals surface area contributed by atoms with Gasteiger partial charge in [-0.25, -0.2) is 19.9 Å². The highest BCUT2D eigenvalue weighted by Crippen LogP contribution is 2.42. The number of hydrogen-bond acceptors (Lipinski definition) is 5. The van der Waals surface area contributed by atoms with E-state index < -0.39 is 5.54 Å². The molecule has 5 heterocycles. The van der Waals surface area contributed by atoms with Gasteiger partial charge in [-0.1, -0.05) is 13.8 Å². The lowest BCUT2D eigenvalue weighted by atomic mass is 9.86. The first-order valence-corrected chi connectivity index (χ1v) is 12.5. The number of hydrogen-bond donors (Lipinski definition) is 4. The fraction of sp³-hybridized carbons (Fsp3) is 0.179. The molecule has 0 amide bonds. The van der Waals surface area contributed by atoms with Crippen LogP contribution in [-0.4, -0.2) is 45.6 Å². The van der Waals surface area contributed by atoms with Crippen LogP contribution in [0.4, 0.5) is 0 Å². The zero-order valence-electron chi connectivity index (χ0n) is 20.5. The van der Waals surface area contributed by atoms with Gasteiger partial charge in [-0.3, -0.25) is 4.99 Å². The van der Waals surface area contributed by atoms with Crippen molar-refractivity contribution in [3.63, 3.8) is 0 Å². The Kier molecular flexibility index (Phi) is 4.72. The average Bonchev–Trinajstić information content (AvgIpc) is 3.75. The SMILES string of the molecule is CCC1=CC(c2nc3ccc(-c4ncc[nH]4)cc3[nH]2)=NC1(CC)c1nc2ccc(-c3ncc[nH]3)cc2[nH]1. The highest BCUT2D eigenvalue weighted by Gasteiger charge is 2.41. The molecule has 0 saturated carbocycles. The van der Waals surface area contributed by atoms with E-state index in [1.54, 1.807) is 12.4 Å². The summed E-state index contributed by atoms with van der Waals surface area (Å²) in [5.74, 6) is 3.26. The van der Waals surface area contributed by atoms with Crippen molar-refractivity contribution in [3.05, 3.63) is 84.5 Å². The van der Waals surface area contributed by atoms with Crippen molar-refractivity contribution in [2.45, 2.75) is 32.2 Å². The number of fused-ring (bicyclic) bond motifs is 2. The second-order valence-corrected chi connectivity index (χ2v) is 9.24. The van der Waals surface area contributed by atoms with E-state index in [0.717, 1.165) is 75.0 Å². The third-order valence-corrected chi connectivity index (χ3v) is 7.19. The lowest BCUT2D eigenvalue weighted by Crippen LogP contribution is -2.25. The first kappa shape index (κ1) is 21.5. The predicted octanol–water partition coefficient (Wildman–Crippen LogP) is 5.66. The largest absolute Gasteiger partial charge is 0.345 e. The van der Waals surface area contributed by atoms with E-state index in [1.807, 2.05) is 36.7 Å². The van der Waals surface area contributed by atoms with Gasteiger partial charge in [0.1, 0.15) is 28.7 Å². The van der Waals surface area contributed by atoms with Gasteiger partial charge in [-0.15, -0.1) is 0 Å². The van der Waals surface area contributed by atoms with Gasteiger partial charge in [0.25, 0.3) is 0 Å². The zero-order chi connectivity index (χ0) is 25.0. The molecule has 1 aliphatic rings. The van der Waals surface area contributed by atoms with Crippen LogP contribution in [0.2, 0.25) is 0 Å². The van der Waals surface area contributed by atoms with Crippen LogP contribution in [0.3, 0.4) is 0 Å². The lowest BCUT2D eigenvalue weighted by molar-refractivity contribution is 0.481. The predicted molar refractivity (Wildman–Crippen MR) is 144 cm³/mol. The van der Waals surface area contributed by atoms with Crippen LogP contribution < -0.4 is 0 Å². The Morgan fingerprint density at radius 2 is 1.41 bits per heavy atom. The van der Waals surface area contributed by atoms with Crippen LogP contribution in [0.1, 0.15) is 38.3 Å². The number of aliphatic imine (C=N–C) groups is 1. The number of imidazole rings is 4. The molecule has 9 nitrogen and oxygen atoms in total. The first-order chi connectivity index (χ1) is 18.2. The Labute approximate surface area is 212 Å². The summed E-state index contributed by atoms with van der Waals surface area (Å²) in [6.07, 6.45) is 11.0. The van der Waals surface area contributed by atoms with E-state index in [9.17, 15) is 0 Å². The number of aromatic amines is 4. The third kappa shape index (κ3) is 3.35. The summed E-state index contributed by atoms with van der Waals surface area (Å²) in [6.45, 7) is 4.33. The molecule has 7 rings (SSSR count). The van der Waals surface area contributed by atoms with E-state index in [2.05, 4.69) is 62.0 Å². The molecule has 4 N–H and O–H groups in total. The second kappa shape index (κ2) is 8.12. The van der Waals surface area contributed by atoms with Gasteiger partial charge in [-0.05, 0) is 60.9 Å². The number of allylic oxidation sites excluding steroid dienone is 1. The van der Waals surface area contributed by atoms with Crippen molar-refractivity contribution in [1.82, 2.24) is 39.9 Å². The molecule has 0 bridgehead atoms. The number of H-pyrrole nitrogens is 4. The van der Waals surface area contributed by atoms with Crippen molar-refractivity contribution in [2.75, 3.05) is 0 Å². The molecule has 6 aromatic rings. The molecular formula is C28H25N9. The molecule has 37 heavy (non-hydrogen) atoms. The maximum absolute atomic E-state index is 5.27. The van der Waals surface area contributed by atoms with Crippen molar-refractivity contribution in [1.29, 1.82) is 0 Å². The van der Waals surface area contributed by atoms with Gasteiger partial charge >= 0.3 is 0 Å². The smallest absolute Gasteiger partial charge is 0.156 e. The molecule has 0 saturated heterocycles. The van der Waals surface area contributed by atoms with Gasteiger partial charge in [0, 0.05) is 35.9 Å². The number of benzene rings is 2. The Balaban J connectivity index is 1.30. The minimum Gasteiger partial charge on any atom is -0.345 e. The molecule has 1 atom stereocenters. The van der Waals surface area contributed by atoms with E-state index >= 15 is 0 Å². The molecule has 2 aromatic carbocycles.